The number of likely N-dealkylation sites (N-methyl/N-ethyl adjacent to an activating group) is 1. The second kappa shape index (κ2) is 5.88. The van der Waals surface area contributed by atoms with Gasteiger partial charge in [-0.05, 0) is 37.8 Å². The molecule has 0 aliphatic heterocycles. The molecule has 2 rings (SSSR count). The van der Waals surface area contributed by atoms with Crippen molar-refractivity contribution < 1.29 is 4.79 Å². The van der Waals surface area contributed by atoms with Gasteiger partial charge in [0, 0.05) is 18.1 Å². The number of hydrogen-bond donors (Lipinski definition) is 2. The summed E-state index contributed by atoms with van der Waals surface area (Å²) in [5.74, 6) is 0.670. The average Bonchev–Trinajstić information content (AvgIpc) is 3.20. The van der Waals surface area contributed by atoms with E-state index in [0.717, 1.165) is 24.9 Å². The van der Waals surface area contributed by atoms with Gasteiger partial charge in [0.05, 0.1) is 0 Å². The minimum atomic E-state index is -0.617. The molecule has 1 aliphatic carbocycles. The molecule has 1 fully saturated rings. The number of nitrogens with two attached hydrogens (primary N) is 1. The molecule has 1 heterocycles. The van der Waals surface area contributed by atoms with Crippen molar-refractivity contribution in [2.24, 2.45) is 11.7 Å². The average molecular weight is 280 g/mol. The Bertz CT molecular complexity index is 446. The number of nitrogens with one attached hydrogen (secondary N) is 1. The van der Waals surface area contributed by atoms with E-state index in [0.29, 0.717) is 16.8 Å². The summed E-state index contributed by atoms with van der Waals surface area (Å²) in [5.41, 5.74) is 6.04. The summed E-state index contributed by atoms with van der Waals surface area (Å²) < 4.78 is 0. The highest BCUT2D eigenvalue weighted by Crippen LogP contribution is 2.42. The van der Waals surface area contributed by atoms with E-state index >= 15 is 0 Å². The second-order valence-electron chi connectivity index (χ2n) is 4.97. The van der Waals surface area contributed by atoms with Crippen LogP contribution in [-0.2, 0) is 4.79 Å². The van der Waals surface area contributed by atoms with E-state index in [2.05, 4.69) is 15.3 Å². The standard InChI is InChI=1S/C13H20N4OS/c1-3-17-13(11(14)18,10-4-5-10)8-19-12-15-6-9(2)7-16-12/h6-7,10,17H,3-5,8H2,1-2H3,(H2,14,18). The lowest BCUT2D eigenvalue weighted by Crippen LogP contribution is -2.59. The van der Waals surface area contributed by atoms with Crippen molar-refractivity contribution in [2.75, 3.05) is 12.3 Å². The SMILES string of the molecule is CCNC(CSc1ncc(C)cn1)(C(N)=O)C1CC1. The molecule has 0 spiro atoms. The minimum Gasteiger partial charge on any atom is -0.368 e. The Hall–Kier alpha value is -1.14. The number of amides is 1. The molecule has 5 nitrogen and oxygen atoms in total. The van der Waals surface area contributed by atoms with Crippen LogP contribution in [-0.4, -0.2) is 33.7 Å². The van der Waals surface area contributed by atoms with Gasteiger partial charge < -0.3 is 11.1 Å². The molecule has 1 saturated carbocycles. The number of primary amides is 1. The molecule has 3 N–H and O–H groups in total. The van der Waals surface area contributed by atoms with E-state index in [9.17, 15) is 4.79 Å². The van der Waals surface area contributed by atoms with Crippen LogP contribution in [0, 0.1) is 12.8 Å². The van der Waals surface area contributed by atoms with Gasteiger partial charge in [-0.25, -0.2) is 9.97 Å². The van der Waals surface area contributed by atoms with Gasteiger partial charge in [0.2, 0.25) is 5.91 Å². The molecule has 1 unspecified atom stereocenters. The molecule has 1 aliphatic rings. The summed E-state index contributed by atoms with van der Waals surface area (Å²) in [5, 5.41) is 3.98. The van der Waals surface area contributed by atoms with Crippen molar-refractivity contribution in [1.82, 2.24) is 15.3 Å². The molecule has 0 aromatic carbocycles. The van der Waals surface area contributed by atoms with E-state index < -0.39 is 5.54 Å². The minimum absolute atomic E-state index is 0.267. The van der Waals surface area contributed by atoms with Crippen LogP contribution < -0.4 is 11.1 Å². The summed E-state index contributed by atoms with van der Waals surface area (Å²) in [6, 6.07) is 0. The summed E-state index contributed by atoms with van der Waals surface area (Å²) >= 11 is 1.49. The summed E-state index contributed by atoms with van der Waals surface area (Å²) in [7, 11) is 0. The van der Waals surface area contributed by atoms with Gasteiger partial charge in [0.1, 0.15) is 5.54 Å². The molecule has 104 valence electrons. The second-order valence-corrected chi connectivity index (χ2v) is 5.91. The third-order valence-corrected chi connectivity index (χ3v) is 4.46. The third-order valence-electron chi connectivity index (χ3n) is 3.39. The van der Waals surface area contributed by atoms with Crippen LogP contribution in [0.3, 0.4) is 0 Å². The van der Waals surface area contributed by atoms with Gasteiger partial charge in [-0.15, -0.1) is 0 Å². The van der Waals surface area contributed by atoms with E-state index in [-0.39, 0.29) is 5.91 Å². The van der Waals surface area contributed by atoms with Gasteiger partial charge >= 0.3 is 0 Å². The highest BCUT2D eigenvalue weighted by atomic mass is 32.2. The van der Waals surface area contributed by atoms with E-state index in [1.807, 2.05) is 13.8 Å². The van der Waals surface area contributed by atoms with Gasteiger partial charge in [0.15, 0.2) is 5.16 Å². The van der Waals surface area contributed by atoms with Crippen molar-refractivity contribution in [3.05, 3.63) is 18.0 Å². The van der Waals surface area contributed by atoms with Gasteiger partial charge in [-0.1, -0.05) is 18.7 Å². The molecule has 19 heavy (non-hydrogen) atoms. The number of carbonyl (C=O) groups is 1. The van der Waals surface area contributed by atoms with Gasteiger partial charge in [-0.3, -0.25) is 4.79 Å². The van der Waals surface area contributed by atoms with Crippen LogP contribution in [0.2, 0.25) is 0 Å². The molecule has 0 bridgehead atoms. The Balaban J connectivity index is 2.07. The number of nitrogens with zero attached hydrogens (tertiary/aromatic N) is 2. The fraction of sp³-hybridized carbons (Fsp3) is 0.615. The molecule has 6 heteroatoms. The Morgan fingerprint density at radius 2 is 2.16 bits per heavy atom. The zero-order valence-electron chi connectivity index (χ0n) is 11.3. The van der Waals surface area contributed by atoms with Crippen LogP contribution in [0.5, 0.6) is 0 Å². The molecule has 1 amide bonds. The number of aromatic nitrogens is 2. The predicted molar refractivity (Wildman–Crippen MR) is 75.8 cm³/mol. The lowest BCUT2D eigenvalue weighted by atomic mass is 9.94. The monoisotopic (exact) mass is 280 g/mol. The Morgan fingerprint density at radius 3 is 2.63 bits per heavy atom. The lowest BCUT2D eigenvalue weighted by molar-refractivity contribution is -0.124. The van der Waals surface area contributed by atoms with Crippen molar-refractivity contribution in [1.29, 1.82) is 0 Å². The zero-order chi connectivity index (χ0) is 13.9. The van der Waals surface area contributed by atoms with Crippen LogP contribution in [0.15, 0.2) is 17.6 Å². The number of rotatable bonds is 7. The molecule has 1 aromatic rings. The first kappa shape index (κ1) is 14.3. The van der Waals surface area contributed by atoms with Crippen molar-refractivity contribution in [2.45, 2.75) is 37.4 Å². The van der Waals surface area contributed by atoms with Crippen LogP contribution in [0.25, 0.3) is 0 Å². The van der Waals surface area contributed by atoms with Crippen molar-refractivity contribution in [3.63, 3.8) is 0 Å². The first-order valence-electron chi connectivity index (χ1n) is 6.55. The maximum atomic E-state index is 11.9. The molecule has 0 radical (unpaired) electrons. The van der Waals surface area contributed by atoms with E-state index in [1.54, 1.807) is 12.4 Å². The number of thioether (sulfide) groups is 1. The highest BCUT2D eigenvalue weighted by Gasteiger charge is 2.49. The lowest BCUT2D eigenvalue weighted by Gasteiger charge is -2.31. The normalized spacial score (nSPS) is 18.0. The Labute approximate surface area is 117 Å². The predicted octanol–water partition coefficient (Wildman–Crippen LogP) is 1.12. The molecular formula is C13H20N4OS. The molecule has 1 atom stereocenters. The summed E-state index contributed by atoms with van der Waals surface area (Å²) in [6.07, 6.45) is 5.69. The summed E-state index contributed by atoms with van der Waals surface area (Å²) in [4.78, 5) is 20.4. The van der Waals surface area contributed by atoms with E-state index in [4.69, 9.17) is 5.73 Å². The van der Waals surface area contributed by atoms with Crippen molar-refractivity contribution in [3.8, 4) is 0 Å². The topological polar surface area (TPSA) is 80.9 Å². The van der Waals surface area contributed by atoms with Crippen molar-refractivity contribution >= 4 is 17.7 Å². The number of aryl methyl sites for hydroxylation is 1. The first-order valence-corrected chi connectivity index (χ1v) is 7.53. The number of carbonyl (C=O) groups excluding carboxylic acids is 1. The maximum Gasteiger partial charge on any atom is 0.238 e. The van der Waals surface area contributed by atoms with E-state index in [1.165, 1.54) is 11.8 Å². The number of hydrogen-bond acceptors (Lipinski definition) is 5. The Morgan fingerprint density at radius 1 is 1.53 bits per heavy atom. The molecular weight excluding hydrogens is 260 g/mol. The fourth-order valence-corrected chi connectivity index (χ4v) is 3.29. The first-order chi connectivity index (χ1) is 9.08. The maximum absolute atomic E-state index is 11.9. The Kier molecular flexibility index (Phi) is 4.42. The summed E-state index contributed by atoms with van der Waals surface area (Å²) in [6.45, 7) is 4.67. The fourth-order valence-electron chi connectivity index (χ4n) is 2.20. The largest absolute Gasteiger partial charge is 0.368 e. The smallest absolute Gasteiger partial charge is 0.238 e. The zero-order valence-corrected chi connectivity index (χ0v) is 12.2. The molecule has 1 aromatic heterocycles. The molecule has 0 saturated heterocycles. The van der Waals surface area contributed by atoms with Crippen LogP contribution >= 0.6 is 11.8 Å². The van der Waals surface area contributed by atoms with Gasteiger partial charge in [0.25, 0.3) is 0 Å². The van der Waals surface area contributed by atoms with Gasteiger partial charge in [-0.2, -0.15) is 0 Å². The third kappa shape index (κ3) is 3.25. The van der Waals surface area contributed by atoms with Crippen LogP contribution in [0.1, 0.15) is 25.3 Å². The highest BCUT2D eigenvalue weighted by molar-refractivity contribution is 7.99. The van der Waals surface area contributed by atoms with Crippen LogP contribution in [0.4, 0.5) is 0 Å². The quantitative estimate of drug-likeness (QED) is 0.578.